The number of hydrogen-bond donors (Lipinski definition) is 3. The maximum Gasteiger partial charge on any atom is 0.417 e. The summed E-state index contributed by atoms with van der Waals surface area (Å²) in [7, 11) is 2.28. The molecule has 1 aliphatic heterocycles. The summed E-state index contributed by atoms with van der Waals surface area (Å²) in [5.41, 5.74) is 4.61. The Morgan fingerprint density at radius 2 is 2.10 bits per heavy atom. The van der Waals surface area contributed by atoms with E-state index >= 15 is 0 Å². The zero-order chi connectivity index (χ0) is 15.5. The minimum atomic E-state index is -4.73. The van der Waals surface area contributed by atoms with Crippen molar-refractivity contribution < 1.29 is 32.9 Å². The molecule has 5 unspecified atom stereocenters. The smallest absolute Gasteiger partial charge is 0.390 e. The lowest BCUT2D eigenvalue weighted by Crippen LogP contribution is -2.57. The van der Waals surface area contributed by atoms with Crippen LogP contribution in [0.3, 0.4) is 0 Å². The van der Waals surface area contributed by atoms with Crippen LogP contribution in [0.1, 0.15) is 6.42 Å². The van der Waals surface area contributed by atoms with Gasteiger partial charge in [-0.05, 0) is 0 Å². The summed E-state index contributed by atoms with van der Waals surface area (Å²) in [6.45, 7) is 0. The van der Waals surface area contributed by atoms with E-state index < -0.39 is 36.0 Å². The number of thioether (sulfide) groups is 1. The highest BCUT2D eigenvalue weighted by molar-refractivity contribution is 8.14. The SMILES string of the molecule is CN=C(N)SC1CC(O)C(O)C(C(OC)C(F)(F)F)O1. The van der Waals surface area contributed by atoms with Crippen molar-refractivity contribution in [3.63, 3.8) is 0 Å². The van der Waals surface area contributed by atoms with Gasteiger partial charge in [0.05, 0.1) is 6.10 Å². The van der Waals surface area contributed by atoms with Gasteiger partial charge in [-0.25, -0.2) is 0 Å². The number of methoxy groups -OCH3 is 1. The minimum absolute atomic E-state index is 0.0627. The zero-order valence-electron chi connectivity index (χ0n) is 10.9. The molecule has 0 aromatic carbocycles. The van der Waals surface area contributed by atoms with Gasteiger partial charge in [-0.15, -0.1) is 0 Å². The third kappa shape index (κ3) is 4.22. The number of rotatable bonds is 3. The molecule has 1 saturated heterocycles. The second-order valence-electron chi connectivity index (χ2n) is 4.20. The molecule has 0 aromatic heterocycles. The Morgan fingerprint density at radius 1 is 1.50 bits per heavy atom. The molecule has 0 radical (unpaired) electrons. The number of aliphatic hydroxyl groups is 2. The molecule has 0 bridgehead atoms. The maximum absolute atomic E-state index is 12.8. The summed E-state index contributed by atoms with van der Waals surface area (Å²) < 4.78 is 48.0. The van der Waals surface area contributed by atoms with E-state index in [4.69, 9.17) is 10.5 Å². The first-order valence-electron chi connectivity index (χ1n) is 5.70. The van der Waals surface area contributed by atoms with Gasteiger partial charge in [-0.1, -0.05) is 11.8 Å². The predicted molar refractivity (Wildman–Crippen MR) is 67.3 cm³/mol. The van der Waals surface area contributed by atoms with E-state index in [9.17, 15) is 23.4 Å². The molecule has 0 spiro atoms. The first-order valence-corrected chi connectivity index (χ1v) is 6.58. The topological polar surface area (TPSA) is 97.3 Å². The number of aliphatic hydroxyl groups excluding tert-OH is 2. The van der Waals surface area contributed by atoms with E-state index in [1.165, 1.54) is 7.05 Å². The molecule has 5 atom stereocenters. The molecule has 118 valence electrons. The van der Waals surface area contributed by atoms with E-state index in [0.717, 1.165) is 18.9 Å². The van der Waals surface area contributed by atoms with Crippen LogP contribution in [0.5, 0.6) is 0 Å². The molecule has 4 N–H and O–H groups in total. The molecule has 20 heavy (non-hydrogen) atoms. The average Bonchev–Trinajstić information content (AvgIpc) is 2.34. The molecular formula is C10H17F3N2O4S. The van der Waals surface area contributed by atoms with Crippen molar-refractivity contribution in [3.8, 4) is 0 Å². The van der Waals surface area contributed by atoms with Crippen molar-refractivity contribution in [2.24, 2.45) is 10.7 Å². The van der Waals surface area contributed by atoms with Gasteiger partial charge < -0.3 is 25.4 Å². The molecule has 0 amide bonds. The molecule has 1 aliphatic rings. The van der Waals surface area contributed by atoms with Gasteiger partial charge in [0.1, 0.15) is 17.6 Å². The molecule has 1 fully saturated rings. The van der Waals surface area contributed by atoms with Crippen LogP contribution < -0.4 is 5.73 Å². The van der Waals surface area contributed by atoms with Crippen molar-refractivity contribution in [2.75, 3.05) is 14.2 Å². The second-order valence-corrected chi connectivity index (χ2v) is 5.38. The number of ether oxygens (including phenoxy) is 2. The van der Waals surface area contributed by atoms with Gasteiger partial charge in [0.15, 0.2) is 11.3 Å². The first-order chi connectivity index (χ1) is 9.20. The number of nitrogens with two attached hydrogens (primary N) is 1. The summed E-state index contributed by atoms with van der Waals surface area (Å²) >= 11 is 0.880. The van der Waals surface area contributed by atoms with E-state index in [0.29, 0.717) is 0 Å². The number of amidine groups is 1. The van der Waals surface area contributed by atoms with Crippen LogP contribution in [0.2, 0.25) is 0 Å². The van der Waals surface area contributed by atoms with Crippen LogP contribution in [0.4, 0.5) is 13.2 Å². The summed E-state index contributed by atoms with van der Waals surface area (Å²) in [6.07, 6.45) is -11.9. The van der Waals surface area contributed by atoms with Gasteiger partial charge in [-0.3, -0.25) is 4.99 Å². The Kier molecular flexibility index (Phi) is 6.07. The van der Waals surface area contributed by atoms with Gasteiger partial charge >= 0.3 is 6.18 Å². The van der Waals surface area contributed by atoms with Crippen LogP contribution in [0.25, 0.3) is 0 Å². The Labute approximate surface area is 118 Å². The lowest BCUT2D eigenvalue weighted by molar-refractivity contribution is -0.276. The molecular weight excluding hydrogens is 301 g/mol. The minimum Gasteiger partial charge on any atom is -0.390 e. The summed E-state index contributed by atoms with van der Waals surface area (Å²) in [5.74, 6) is 0. The molecule has 6 nitrogen and oxygen atoms in total. The lowest BCUT2D eigenvalue weighted by atomic mass is 9.97. The third-order valence-corrected chi connectivity index (χ3v) is 3.81. The van der Waals surface area contributed by atoms with Crippen molar-refractivity contribution in [3.05, 3.63) is 0 Å². The molecule has 0 aliphatic carbocycles. The van der Waals surface area contributed by atoms with E-state index in [2.05, 4.69) is 9.73 Å². The first kappa shape index (κ1) is 17.5. The Morgan fingerprint density at radius 3 is 2.55 bits per heavy atom. The van der Waals surface area contributed by atoms with E-state index in [1.807, 2.05) is 0 Å². The lowest BCUT2D eigenvalue weighted by Gasteiger charge is -2.40. The monoisotopic (exact) mass is 318 g/mol. The fourth-order valence-corrected chi connectivity index (χ4v) is 2.69. The zero-order valence-corrected chi connectivity index (χ0v) is 11.7. The summed E-state index contributed by atoms with van der Waals surface area (Å²) in [5, 5.41) is 19.5. The highest BCUT2D eigenvalue weighted by atomic mass is 32.2. The Hall–Kier alpha value is -0.550. The Bertz CT molecular complexity index is 356. The molecule has 1 rings (SSSR count). The van der Waals surface area contributed by atoms with E-state index in [-0.39, 0.29) is 11.6 Å². The fourth-order valence-electron chi connectivity index (χ4n) is 1.83. The highest BCUT2D eigenvalue weighted by Gasteiger charge is 2.52. The quantitative estimate of drug-likeness (QED) is 0.504. The van der Waals surface area contributed by atoms with Crippen molar-refractivity contribution in [1.82, 2.24) is 0 Å². The predicted octanol–water partition coefficient (Wildman–Crippen LogP) is 0.0782. The van der Waals surface area contributed by atoms with Gasteiger partial charge in [0.2, 0.25) is 0 Å². The fraction of sp³-hybridized carbons (Fsp3) is 0.900. The number of nitrogens with zero attached hydrogens (tertiary/aromatic N) is 1. The Balaban J connectivity index is 2.87. The third-order valence-electron chi connectivity index (χ3n) is 2.82. The van der Waals surface area contributed by atoms with Crippen LogP contribution in [-0.4, -0.2) is 65.6 Å². The van der Waals surface area contributed by atoms with Crippen LogP contribution in [0, 0.1) is 0 Å². The normalized spacial score (nSPS) is 34.0. The second kappa shape index (κ2) is 6.94. The van der Waals surface area contributed by atoms with Gasteiger partial charge in [-0.2, -0.15) is 13.2 Å². The van der Waals surface area contributed by atoms with Crippen LogP contribution in [-0.2, 0) is 9.47 Å². The standard InChI is InChI=1S/C10H17F3N2O4S/c1-15-9(14)20-5-3-4(16)6(17)7(19-5)8(18-2)10(11,12)13/h4-8,16-17H,3H2,1-2H3,(H2,14,15). The van der Waals surface area contributed by atoms with Gasteiger partial charge in [0, 0.05) is 20.6 Å². The van der Waals surface area contributed by atoms with E-state index in [1.54, 1.807) is 0 Å². The molecule has 0 aromatic rings. The van der Waals surface area contributed by atoms with Crippen molar-refractivity contribution >= 4 is 16.9 Å². The molecule has 0 saturated carbocycles. The number of aliphatic imine (C=N–C) groups is 1. The van der Waals surface area contributed by atoms with Crippen LogP contribution >= 0.6 is 11.8 Å². The van der Waals surface area contributed by atoms with Crippen molar-refractivity contribution in [1.29, 1.82) is 0 Å². The summed E-state index contributed by atoms with van der Waals surface area (Å²) in [4.78, 5) is 3.65. The molecule has 1 heterocycles. The highest BCUT2D eigenvalue weighted by Crippen LogP contribution is 2.35. The number of alkyl halides is 3. The largest absolute Gasteiger partial charge is 0.417 e. The maximum atomic E-state index is 12.8. The van der Waals surface area contributed by atoms with Gasteiger partial charge in [0.25, 0.3) is 0 Å². The number of halogens is 3. The van der Waals surface area contributed by atoms with Crippen molar-refractivity contribution in [2.45, 2.75) is 42.4 Å². The molecule has 10 heteroatoms. The van der Waals surface area contributed by atoms with Crippen LogP contribution in [0.15, 0.2) is 4.99 Å². The average molecular weight is 318 g/mol. The summed E-state index contributed by atoms with van der Waals surface area (Å²) in [6, 6.07) is 0. The number of hydrogen-bond acceptors (Lipinski definition) is 6.